The number of aryl methyl sites for hydroxylation is 1. The van der Waals surface area contributed by atoms with E-state index in [9.17, 15) is 0 Å². The number of hydrogen-bond acceptors (Lipinski definition) is 3. The zero-order valence-electron chi connectivity index (χ0n) is 8.95. The van der Waals surface area contributed by atoms with Crippen LogP contribution in [0.4, 0.5) is 0 Å². The average molecular weight is 202 g/mol. The maximum absolute atomic E-state index is 8.95. The lowest BCUT2D eigenvalue weighted by Gasteiger charge is -2.07. The van der Waals surface area contributed by atoms with Gasteiger partial charge in [-0.25, -0.2) is 0 Å². The number of nitriles is 1. The molecule has 0 fully saturated rings. The number of nitrogens with zero attached hydrogens (tertiary/aromatic N) is 1. The Bertz CT molecular complexity index is 416. The Morgan fingerprint density at radius 1 is 1.53 bits per heavy atom. The molecule has 0 aliphatic heterocycles. The summed E-state index contributed by atoms with van der Waals surface area (Å²) >= 11 is 0. The zero-order chi connectivity index (χ0) is 11.3. The average Bonchev–Trinajstić information content (AvgIpc) is 2.25. The van der Waals surface area contributed by atoms with E-state index in [0.717, 1.165) is 11.1 Å². The van der Waals surface area contributed by atoms with Crippen LogP contribution in [-0.2, 0) is 0 Å². The molecule has 0 heterocycles. The lowest BCUT2D eigenvalue weighted by atomic mass is 10.1. The number of benzene rings is 1. The predicted molar refractivity (Wildman–Crippen MR) is 60.5 cm³/mol. The van der Waals surface area contributed by atoms with Gasteiger partial charge in [-0.1, -0.05) is 12.2 Å². The highest BCUT2D eigenvalue weighted by molar-refractivity contribution is 5.59. The lowest BCUT2D eigenvalue weighted by Crippen LogP contribution is -1.94. The molecule has 0 bridgehead atoms. The van der Waals surface area contributed by atoms with Gasteiger partial charge in [0, 0.05) is 6.54 Å². The highest BCUT2D eigenvalue weighted by Gasteiger charge is 2.06. The molecule has 0 spiro atoms. The third-order valence-corrected chi connectivity index (χ3v) is 2.07. The molecule has 1 aromatic carbocycles. The minimum Gasteiger partial charge on any atom is -0.495 e. The van der Waals surface area contributed by atoms with Crippen LogP contribution in [0.2, 0.25) is 0 Å². The number of ether oxygens (including phenoxy) is 1. The van der Waals surface area contributed by atoms with Crippen LogP contribution < -0.4 is 10.5 Å². The molecule has 3 nitrogen and oxygen atoms in total. The summed E-state index contributed by atoms with van der Waals surface area (Å²) in [5.41, 5.74) is 7.83. The van der Waals surface area contributed by atoms with Crippen LogP contribution in [0.3, 0.4) is 0 Å². The maximum atomic E-state index is 8.95. The minimum absolute atomic E-state index is 0.493. The van der Waals surface area contributed by atoms with Crippen LogP contribution in [0, 0.1) is 18.3 Å². The number of nitrogens with two attached hydrogens (primary N) is 1. The summed E-state index contributed by atoms with van der Waals surface area (Å²) in [4.78, 5) is 0. The van der Waals surface area contributed by atoms with Gasteiger partial charge in [0.2, 0.25) is 0 Å². The van der Waals surface area contributed by atoms with Gasteiger partial charge in [-0.3, -0.25) is 0 Å². The normalized spacial score (nSPS) is 10.3. The van der Waals surface area contributed by atoms with Crippen molar-refractivity contribution in [1.29, 1.82) is 5.26 Å². The molecule has 0 aliphatic carbocycles. The van der Waals surface area contributed by atoms with Gasteiger partial charge in [0.25, 0.3) is 0 Å². The molecule has 0 saturated carbocycles. The molecule has 0 atom stereocenters. The molecule has 0 unspecified atom stereocenters. The molecule has 2 N–H and O–H groups in total. The first-order valence-electron chi connectivity index (χ1n) is 4.68. The van der Waals surface area contributed by atoms with Crippen LogP contribution in [0.5, 0.6) is 5.75 Å². The highest BCUT2D eigenvalue weighted by atomic mass is 16.5. The van der Waals surface area contributed by atoms with Gasteiger partial charge >= 0.3 is 0 Å². The molecule has 1 rings (SSSR count). The first kappa shape index (κ1) is 11.3. The van der Waals surface area contributed by atoms with E-state index in [1.54, 1.807) is 13.2 Å². The Kier molecular flexibility index (Phi) is 3.90. The van der Waals surface area contributed by atoms with Crippen molar-refractivity contribution in [1.82, 2.24) is 0 Å². The van der Waals surface area contributed by atoms with E-state index >= 15 is 0 Å². The van der Waals surface area contributed by atoms with E-state index in [4.69, 9.17) is 15.7 Å². The molecule has 3 heteroatoms. The Hall–Kier alpha value is -1.79. The summed E-state index contributed by atoms with van der Waals surface area (Å²) in [6, 6.07) is 5.87. The standard InChI is InChI=1S/C12H14N2O/c1-9-6-10(4-3-5-13)7-11(8-14)12(9)15-2/h3-4,6-7H,5,13H2,1-2H3/b4-3+. The van der Waals surface area contributed by atoms with Gasteiger partial charge in [0.05, 0.1) is 12.7 Å². The fourth-order valence-electron chi connectivity index (χ4n) is 1.46. The third kappa shape index (κ3) is 2.58. The second-order valence-electron chi connectivity index (χ2n) is 3.17. The second-order valence-corrected chi connectivity index (χ2v) is 3.17. The summed E-state index contributed by atoms with van der Waals surface area (Å²) in [6.45, 7) is 2.41. The van der Waals surface area contributed by atoms with E-state index in [-0.39, 0.29) is 0 Å². The van der Waals surface area contributed by atoms with Crippen LogP contribution in [0.1, 0.15) is 16.7 Å². The molecular weight excluding hydrogens is 188 g/mol. The molecule has 0 saturated heterocycles. The van der Waals surface area contributed by atoms with Crippen LogP contribution >= 0.6 is 0 Å². The van der Waals surface area contributed by atoms with Gasteiger partial charge in [-0.15, -0.1) is 0 Å². The van der Waals surface area contributed by atoms with Crippen molar-refractivity contribution >= 4 is 6.08 Å². The summed E-state index contributed by atoms with van der Waals surface area (Å²) in [5, 5.41) is 8.95. The first-order valence-corrected chi connectivity index (χ1v) is 4.68. The van der Waals surface area contributed by atoms with Crippen LogP contribution in [0.25, 0.3) is 6.08 Å². The van der Waals surface area contributed by atoms with Crippen molar-refractivity contribution in [2.24, 2.45) is 5.73 Å². The van der Waals surface area contributed by atoms with Gasteiger partial charge < -0.3 is 10.5 Å². The molecule has 0 radical (unpaired) electrons. The SMILES string of the molecule is COc1c(C)cc(/C=C/CN)cc1C#N. The van der Waals surface area contributed by atoms with E-state index in [1.807, 2.05) is 25.1 Å². The quantitative estimate of drug-likeness (QED) is 0.813. The topological polar surface area (TPSA) is 59.0 Å². The molecule has 0 aliphatic rings. The summed E-state index contributed by atoms with van der Waals surface area (Å²) in [6.07, 6.45) is 3.75. The van der Waals surface area contributed by atoms with E-state index in [2.05, 4.69) is 6.07 Å². The fourth-order valence-corrected chi connectivity index (χ4v) is 1.46. The summed E-state index contributed by atoms with van der Waals surface area (Å²) < 4.78 is 5.16. The fraction of sp³-hybridized carbons (Fsp3) is 0.250. The maximum Gasteiger partial charge on any atom is 0.139 e. The Labute approximate surface area is 89.8 Å². The Morgan fingerprint density at radius 2 is 2.27 bits per heavy atom. The summed E-state index contributed by atoms with van der Waals surface area (Å²) in [5.74, 6) is 0.641. The largest absolute Gasteiger partial charge is 0.495 e. The van der Waals surface area contributed by atoms with Gasteiger partial charge in [0.15, 0.2) is 0 Å². The van der Waals surface area contributed by atoms with E-state index in [1.165, 1.54) is 0 Å². The number of hydrogen-bond donors (Lipinski definition) is 1. The van der Waals surface area contributed by atoms with Crippen molar-refractivity contribution in [3.05, 3.63) is 34.9 Å². The Balaban J connectivity index is 3.21. The van der Waals surface area contributed by atoms with Crippen LogP contribution in [-0.4, -0.2) is 13.7 Å². The van der Waals surface area contributed by atoms with Crippen molar-refractivity contribution in [2.75, 3.05) is 13.7 Å². The molecule has 15 heavy (non-hydrogen) atoms. The predicted octanol–water partition coefficient (Wildman–Crippen LogP) is 1.85. The third-order valence-electron chi connectivity index (χ3n) is 2.07. The van der Waals surface area contributed by atoms with Crippen molar-refractivity contribution in [2.45, 2.75) is 6.92 Å². The smallest absolute Gasteiger partial charge is 0.139 e. The van der Waals surface area contributed by atoms with Crippen molar-refractivity contribution in [3.8, 4) is 11.8 Å². The molecule has 0 aromatic heterocycles. The van der Waals surface area contributed by atoms with E-state index in [0.29, 0.717) is 17.9 Å². The monoisotopic (exact) mass is 202 g/mol. The molecule has 1 aromatic rings. The number of rotatable bonds is 3. The van der Waals surface area contributed by atoms with Crippen molar-refractivity contribution in [3.63, 3.8) is 0 Å². The van der Waals surface area contributed by atoms with Crippen LogP contribution in [0.15, 0.2) is 18.2 Å². The lowest BCUT2D eigenvalue weighted by molar-refractivity contribution is 0.410. The second kappa shape index (κ2) is 5.18. The van der Waals surface area contributed by atoms with E-state index < -0.39 is 0 Å². The first-order chi connectivity index (χ1) is 7.22. The van der Waals surface area contributed by atoms with Crippen molar-refractivity contribution < 1.29 is 4.74 Å². The zero-order valence-corrected chi connectivity index (χ0v) is 8.95. The van der Waals surface area contributed by atoms with Gasteiger partial charge in [-0.05, 0) is 30.2 Å². The highest BCUT2D eigenvalue weighted by Crippen LogP contribution is 2.24. The van der Waals surface area contributed by atoms with Gasteiger partial charge in [0.1, 0.15) is 11.8 Å². The summed E-state index contributed by atoms with van der Waals surface area (Å²) in [7, 11) is 1.57. The number of methoxy groups -OCH3 is 1. The Morgan fingerprint density at radius 3 is 2.80 bits per heavy atom. The molecule has 0 amide bonds. The van der Waals surface area contributed by atoms with Gasteiger partial charge in [-0.2, -0.15) is 5.26 Å². The minimum atomic E-state index is 0.493. The molecular formula is C12H14N2O. The molecule has 78 valence electrons.